The van der Waals surface area contributed by atoms with Crippen LogP contribution in [0, 0.1) is 12.7 Å². The smallest absolute Gasteiger partial charge is 0.262 e. The molecule has 3 N–H and O–H groups in total. The lowest BCUT2D eigenvalue weighted by Crippen LogP contribution is -2.15. The standard InChI is InChI=1S/C14H14ClFN2O2S/c1-9-2-3-10(8-17)4-14(9)21(19,20)18-13-6-11(15)5-12(16)7-13/h2-7,18H,8,17H2,1H3. The van der Waals surface area contributed by atoms with Gasteiger partial charge in [-0.25, -0.2) is 12.8 Å². The van der Waals surface area contributed by atoms with E-state index in [9.17, 15) is 12.8 Å². The van der Waals surface area contributed by atoms with Crippen molar-refractivity contribution in [2.24, 2.45) is 5.73 Å². The Morgan fingerprint density at radius 3 is 2.57 bits per heavy atom. The van der Waals surface area contributed by atoms with Crippen LogP contribution in [-0.2, 0) is 16.6 Å². The molecule has 0 aromatic heterocycles. The Hall–Kier alpha value is -1.63. The monoisotopic (exact) mass is 328 g/mol. The molecule has 0 saturated carbocycles. The first kappa shape index (κ1) is 15.8. The van der Waals surface area contributed by atoms with Gasteiger partial charge in [0.05, 0.1) is 10.6 Å². The van der Waals surface area contributed by atoms with E-state index in [-0.39, 0.29) is 22.2 Å². The van der Waals surface area contributed by atoms with Gasteiger partial charge in [-0.15, -0.1) is 0 Å². The third-order valence-electron chi connectivity index (χ3n) is 2.89. The Kier molecular flexibility index (Phi) is 4.51. The number of halogens is 2. The van der Waals surface area contributed by atoms with Gasteiger partial charge in [-0.1, -0.05) is 23.7 Å². The predicted octanol–water partition coefficient (Wildman–Crippen LogP) is 3.05. The molecule has 0 atom stereocenters. The van der Waals surface area contributed by atoms with Crippen molar-refractivity contribution in [3.63, 3.8) is 0 Å². The summed E-state index contributed by atoms with van der Waals surface area (Å²) in [4.78, 5) is 0.103. The summed E-state index contributed by atoms with van der Waals surface area (Å²) in [5.41, 5.74) is 6.85. The SMILES string of the molecule is Cc1ccc(CN)cc1S(=O)(=O)Nc1cc(F)cc(Cl)c1. The van der Waals surface area contributed by atoms with Crippen LogP contribution < -0.4 is 10.5 Å². The summed E-state index contributed by atoms with van der Waals surface area (Å²) in [6, 6.07) is 8.43. The molecule has 4 nitrogen and oxygen atoms in total. The molecule has 0 aliphatic rings. The Morgan fingerprint density at radius 2 is 1.95 bits per heavy atom. The molecule has 7 heteroatoms. The number of rotatable bonds is 4. The Labute approximate surface area is 127 Å². The van der Waals surface area contributed by atoms with E-state index < -0.39 is 15.8 Å². The van der Waals surface area contributed by atoms with Crippen LogP contribution in [0.3, 0.4) is 0 Å². The van der Waals surface area contributed by atoms with Crippen molar-refractivity contribution >= 4 is 27.3 Å². The van der Waals surface area contributed by atoms with E-state index in [0.717, 1.165) is 12.1 Å². The van der Waals surface area contributed by atoms with Crippen molar-refractivity contribution in [1.82, 2.24) is 0 Å². The van der Waals surface area contributed by atoms with Crippen LogP contribution in [0.2, 0.25) is 5.02 Å². The van der Waals surface area contributed by atoms with E-state index in [0.29, 0.717) is 11.1 Å². The highest BCUT2D eigenvalue weighted by Crippen LogP contribution is 2.23. The number of nitrogens with two attached hydrogens (primary N) is 1. The highest BCUT2D eigenvalue weighted by molar-refractivity contribution is 7.92. The second-order valence-electron chi connectivity index (χ2n) is 4.57. The van der Waals surface area contributed by atoms with Gasteiger partial charge in [0.1, 0.15) is 5.82 Å². The first-order chi connectivity index (χ1) is 9.81. The zero-order valence-corrected chi connectivity index (χ0v) is 12.8. The topological polar surface area (TPSA) is 72.2 Å². The van der Waals surface area contributed by atoms with Crippen molar-refractivity contribution in [3.05, 3.63) is 58.4 Å². The summed E-state index contributed by atoms with van der Waals surface area (Å²) in [6.07, 6.45) is 0. The first-order valence-electron chi connectivity index (χ1n) is 6.10. The molecule has 2 aromatic carbocycles. The number of aryl methyl sites for hydroxylation is 1. The van der Waals surface area contributed by atoms with Gasteiger partial charge in [0, 0.05) is 11.6 Å². The second kappa shape index (κ2) is 6.01. The van der Waals surface area contributed by atoms with Crippen molar-refractivity contribution in [2.75, 3.05) is 4.72 Å². The molecule has 0 fully saturated rings. The Balaban J connectivity index is 2.42. The van der Waals surface area contributed by atoms with Crippen LogP contribution in [0.5, 0.6) is 0 Å². The lowest BCUT2D eigenvalue weighted by molar-refractivity contribution is 0.600. The molecule has 21 heavy (non-hydrogen) atoms. The van der Waals surface area contributed by atoms with E-state index >= 15 is 0 Å². The Morgan fingerprint density at radius 1 is 1.24 bits per heavy atom. The van der Waals surface area contributed by atoms with Gasteiger partial charge >= 0.3 is 0 Å². The molecule has 0 heterocycles. The second-order valence-corrected chi connectivity index (χ2v) is 6.65. The van der Waals surface area contributed by atoms with E-state index in [1.165, 1.54) is 12.1 Å². The average molecular weight is 329 g/mol. The molecule has 0 radical (unpaired) electrons. The molecule has 0 unspecified atom stereocenters. The van der Waals surface area contributed by atoms with Crippen molar-refractivity contribution < 1.29 is 12.8 Å². The zero-order chi connectivity index (χ0) is 15.6. The van der Waals surface area contributed by atoms with Gasteiger partial charge in [0.25, 0.3) is 10.0 Å². The highest BCUT2D eigenvalue weighted by Gasteiger charge is 2.18. The molecular formula is C14H14ClFN2O2S. The van der Waals surface area contributed by atoms with Crippen LogP contribution in [0.15, 0.2) is 41.3 Å². The van der Waals surface area contributed by atoms with Gasteiger partial charge in [-0.3, -0.25) is 4.72 Å². The molecule has 0 bridgehead atoms. The van der Waals surface area contributed by atoms with E-state index in [1.54, 1.807) is 19.1 Å². The van der Waals surface area contributed by atoms with Crippen molar-refractivity contribution in [1.29, 1.82) is 0 Å². The summed E-state index contributed by atoms with van der Waals surface area (Å²) in [5, 5.41) is 0.111. The molecule has 112 valence electrons. The molecule has 0 aliphatic carbocycles. The minimum atomic E-state index is -3.84. The van der Waals surface area contributed by atoms with Crippen LogP contribution in [0.1, 0.15) is 11.1 Å². The lowest BCUT2D eigenvalue weighted by atomic mass is 10.1. The van der Waals surface area contributed by atoms with Crippen molar-refractivity contribution in [3.8, 4) is 0 Å². The third-order valence-corrected chi connectivity index (χ3v) is 4.63. The summed E-state index contributed by atoms with van der Waals surface area (Å²) in [5.74, 6) is -0.618. The molecule has 0 spiro atoms. The number of hydrogen-bond donors (Lipinski definition) is 2. The maximum absolute atomic E-state index is 13.3. The average Bonchev–Trinajstić information content (AvgIpc) is 2.37. The quantitative estimate of drug-likeness (QED) is 0.906. The minimum absolute atomic E-state index is 0.0672. The number of nitrogens with one attached hydrogen (secondary N) is 1. The zero-order valence-electron chi connectivity index (χ0n) is 11.2. The van der Waals surface area contributed by atoms with Gasteiger partial charge in [-0.05, 0) is 42.3 Å². The van der Waals surface area contributed by atoms with Gasteiger partial charge < -0.3 is 5.73 Å². The summed E-state index contributed by atoms with van der Waals surface area (Å²) in [7, 11) is -3.84. The fourth-order valence-corrected chi connectivity index (χ4v) is 3.44. The third kappa shape index (κ3) is 3.72. The van der Waals surface area contributed by atoms with E-state index in [2.05, 4.69) is 4.72 Å². The summed E-state index contributed by atoms with van der Waals surface area (Å²) < 4.78 is 40.4. The molecule has 0 amide bonds. The van der Waals surface area contributed by atoms with Crippen LogP contribution >= 0.6 is 11.6 Å². The highest BCUT2D eigenvalue weighted by atomic mass is 35.5. The van der Waals surface area contributed by atoms with Gasteiger partial charge in [0.2, 0.25) is 0 Å². The fraction of sp³-hybridized carbons (Fsp3) is 0.143. The molecule has 0 aliphatic heterocycles. The minimum Gasteiger partial charge on any atom is -0.326 e. The number of hydrogen-bond acceptors (Lipinski definition) is 3. The summed E-state index contributed by atoms with van der Waals surface area (Å²) >= 11 is 5.71. The largest absolute Gasteiger partial charge is 0.326 e. The molecule has 2 aromatic rings. The van der Waals surface area contributed by atoms with Gasteiger partial charge in [-0.2, -0.15) is 0 Å². The normalized spacial score (nSPS) is 11.4. The maximum Gasteiger partial charge on any atom is 0.262 e. The van der Waals surface area contributed by atoms with E-state index in [1.807, 2.05) is 0 Å². The molecular weight excluding hydrogens is 315 g/mol. The number of anilines is 1. The lowest BCUT2D eigenvalue weighted by Gasteiger charge is -2.12. The maximum atomic E-state index is 13.3. The first-order valence-corrected chi connectivity index (χ1v) is 7.96. The van der Waals surface area contributed by atoms with Crippen molar-refractivity contribution in [2.45, 2.75) is 18.4 Å². The number of sulfonamides is 1. The predicted molar refractivity (Wildman–Crippen MR) is 81.3 cm³/mol. The molecule has 2 rings (SSSR count). The summed E-state index contributed by atoms with van der Waals surface area (Å²) in [6.45, 7) is 1.90. The van der Waals surface area contributed by atoms with Crippen LogP contribution in [0.4, 0.5) is 10.1 Å². The van der Waals surface area contributed by atoms with E-state index in [4.69, 9.17) is 17.3 Å². The number of benzene rings is 2. The van der Waals surface area contributed by atoms with Gasteiger partial charge in [0.15, 0.2) is 0 Å². The Bertz CT molecular complexity index is 758. The van der Waals surface area contributed by atoms with Crippen LogP contribution in [-0.4, -0.2) is 8.42 Å². The molecule has 0 saturated heterocycles. The fourth-order valence-electron chi connectivity index (χ4n) is 1.88. The van der Waals surface area contributed by atoms with Crippen LogP contribution in [0.25, 0.3) is 0 Å².